The van der Waals surface area contributed by atoms with Crippen molar-refractivity contribution in [3.05, 3.63) is 71.6 Å². The van der Waals surface area contributed by atoms with Crippen LogP contribution in [0, 0.1) is 0 Å². The Balaban J connectivity index is 1.52. The zero-order chi connectivity index (χ0) is 20.6. The van der Waals surface area contributed by atoms with Crippen LogP contribution in [-0.2, 0) is 0 Å². The van der Waals surface area contributed by atoms with E-state index in [0.717, 1.165) is 19.6 Å². The molecule has 1 fully saturated rings. The molecule has 6 heteroatoms. The van der Waals surface area contributed by atoms with Crippen LogP contribution >= 0.6 is 0 Å². The summed E-state index contributed by atoms with van der Waals surface area (Å²) in [7, 11) is 0. The number of carbonyl (C=O) groups excluding carboxylic acids is 2. The lowest BCUT2D eigenvalue weighted by Gasteiger charge is -2.34. The third-order valence-corrected chi connectivity index (χ3v) is 4.75. The molecule has 2 amide bonds. The second-order valence-corrected chi connectivity index (χ2v) is 7.44. The smallest absolute Gasteiger partial charge is 0.272 e. The summed E-state index contributed by atoms with van der Waals surface area (Å²) in [5.41, 5.74) is 1.78. The molecule has 152 valence electrons. The third kappa shape index (κ3) is 5.99. The maximum absolute atomic E-state index is 12.8. The van der Waals surface area contributed by atoms with Gasteiger partial charge in [-0.05, 0) is 31.5 Å². The van der Waals surface area contributed by atoms with Crippen molar-refractivity contribution in [2.45, 2.75) is 19.9 Å². The van der Waals surface area contributed by atoms with Gasteiger partial charge in [-0.15, -0.1) is 0 Å². The minimum Gasteiger partial charge on any atom is -0.349 e. The first-order chi connectivity index (χ1) is 14.0. The standard InChI is InChI=1S/C23H28N4O2/c1-18(2)24-22(28)20-11-6-12-21(25-20)23(29)27-16-14-26(15-17-27)13-7-10-19-8-4-3-5-9-19/h3-12,18H,13-17H2,1-2H3,(H,24,28)/b10-7+. The van der Waals surface area contributed by atoms with Gasteiger partial charge in [-0.3, -0.25) is 14.5 Å². The van der Waals surface area contributed by atoms with Gasteiger partial charge in [0.1, 0.15) is 11.4 Å². The van der Waals surface area contributed by atoms with Crippen LogP contribution in [0.5, 0.6) is 0 Å². The molecule has 1 aromatic heterocycles. The zero-order valence-corrected chi connectivity index (χ0v) is 17.0. The van der Waals surface area contributed by atoms with Crippen LogP contribution in [0.4, 0.5) is 0 Å². The molecular formula is C23H28N4O2. The summed E-state index contributed by atoms with van der Waals surface area (Å²) in [5.74, 6) is -0.381. The van der Waals surface area contributed by atoms with E-state index in [1.807, 2.05) is 36.9 Å². The highest BCUT2D eigenvalue weighted by atomic mass is 16.2. The Labute approximate surface area is 172 Å². The van der Waals surface area contributed by atoms with Gasteiger partial charge in [0.05, 0.1) is 0 Å². The first kappa shape index (κ1) is 20.7. The molecule has 0 bridgehead atoms. The lowest BCUT2D eigenvalue weighted by molar-refractivity contribution is 0.0644. The van der Waals surface area contributed by atoms with Gasteiger partial charge in [0.15, 0.2) is 0 Å². The summed E-state index contributed by atoms with van der Waals surface area (Å²) in [5, 5.41) is 2.80. The second-order valence-electron chi connectivity index (χ2n) is 7.44. The Hall–Kier alpha value is -2.99. The number of nitrogens with one attached hydrogen (secondary N) is 1. The number of piperazine rings is 1. The lowest BCUT2D eigenvalue weighted by atomic mass is 10.2. The highest BCUT2D eigenvalue weighted by Crippen LogP contribution is 2.09. The lowest BCUT2D eigenvalue weighted by Crippen LogP contribution is -2.48. The van der Waals surface area contributed by atoms with Crippen LogP contribution in [0.2, 0.25) is 0 Å². The van der Waals surface area contributed by atoms with Gasteiger partial charge in [-0.2, -0.15) is 0 Å². The van der Waals surface area contributed by atoms with Gasteiger partial charge in [-0.1, -0.05) is 48.6 Å². The van der Waals surface area contributed by atoms with Crippen LogP contribution in [0.25, 0.3) is 6.08 Å². The fraction of sp³-hybridized carbons (Fsp3) is 0.348. The molecule has 3 rings (SSSR count). The maximum Gasteiger partial charge on any atom is 0.272 e. The molecule has 2 heterocycles. The average molecular weight is 393 g/mol. The van der Waals surface area contributed by atoms with E-state index in [1.54, 1.807) is 18.2 Å². The Kier molecular flexibility index (Phi) is 7.14. The van der Waals surface area contributed by atoms with Crippen molar-refractivity contribution in [1.82, 2.24) is 20.1 Å². The summed E-state index contributed by atoms with van der Waals surface area (Å²) in [6.07, 6.45) is 4.28. The van der Waals surface area contributed by atoms with Gasteiger partial charge in [0.25, 0.3) is 11.8 Å². The summed E-state index contributed by atoms with van der Waals surface area (Å²) >= 11 is 0. The van der Waals surface area contributed by atoms with E-state index in [4.69, 9.17) is 0 Å². The van der Waals surface area contributed by atoms with E-state index in [-0.39, 0.29) is 23.6 Å². The highest BCUT2D eigenvalue weighted by Gasteiger charge is 2.23. The number of rotatable bonds is 6. The normalized spacial score (nSPS) is 15.1. The third-order valence-electron chi connectivity index (χ3n) is 4.75. The Morgan fingerprint density at radius 3 is 2.38 bits per heavy atom. The number of pyridine rings is 1. The van der Waals surface area contributed by atoms with Crippen molar-refractivity contribution in [1.29, 1.82) is 0 Å². The Morgan fingerprint density at radius 2 is 1.69 bits per heavy atom. The molecule has 0 saturated carbocycles. The van der Waals surface area contributed by atoms with E-state index in [9.17, 15) is 9.59 Å². The van der Waals surface area contributed by atoms with E-state index in [0.29, 0.717) is 18.8 Å². The largest absolute Gasteiger partial charge is 0.349 e. The fourth-order valence-corrected chi connectivity index (χ4v) is 3.21. The van der Waals surface area contributed by atoms with Crippen LogP contribution in [0.1, 0.15) is 40.4 Å². The summed E-state index contributed by atoms with van der Waals surface area (Å²) in [6.45, 7) is 7.59. The van der Waals surface area contributed by atoms with Gasteiger partial charge < -0.3 is 10.2 Å². The fourth-order valence-electron chi connectivity index (χ4n) is 3.21. The number of hydrogen-bond acceptors (Lipinski definition) is 4. The van der Waals surface area contributed by atoms with E-state index >= 15 is 0 Å². The quantitative estimate of drug-likeness (QED) is 0.821. The zero-order valence-electron chi connectivity index (χ0n) is 17.0. The number of hydrogen-bond donors (Lipinski definition) is 1. The summed E-state index contributed by atoms with van der Waals surface area (Å²) < 4.78 is 0. The molecule has 1 N–H and O–H groups in total. The van der Waals surface area contributed by atoms with E-state index < -0.39 is 0 Å². The van der Waals surface area contributed by atoms with Gasteiger partial charge in [0, 0.05) is 38.8 Å². The molecule has 0 radical (unpaired) electrons. The minimum absolute atomic E-state index is 0.0210. The number of benzene rings is 1. The second kappa shape index (κ2) is 9.98. The van der Waals surface area contributed by atoms with Crippen molar-refractivity contribution in [3.8, 4) is 0 Å². The molecule has 0 aliphatic carbocycles. The van der Waals surface area contributed by atoms with Gasteiger partial charge in [-0.25, -0.2) is 4.98 Å². The average Bonchev–Trinajstić information content (AvgIpc) is 2.74. The van der Waals surface area contributed by atoms with E-state index in [1.165, 1.54) is 5.56 Å². The highest BCUT2D eigenvalue weighted by molar-refractivity contribution is 5.96. The molecule has 1 saturated heterocycles. The topological polar surface area (TPSA) is 65.5 Å². The first-order valence-corrected chi connectivity index (χ1v) is 10.0. The van der Waals surface area contributed by atoms with E-state index in [2.05, 4.69) is 39.5 Å². The number of amides is 2. The molecular weight excluding hydrogens is 364 g/mol. The molecule has 0 atom stereocenters. The predicted octanol–water partition coefficient (Wildman–Crippen LogP) is 2.69. The molecule has 29 heavy (non-hydrogen) atoms. The first-order valence-electron chi connectivity index (χ1n) is 10.0. The molecule has 1 aromatic carbocycles. The Morgan fingerprint density at radius 1 is 1.00 bits per heavy atom. The minimum atomic E-state index is -0.260. The monoisotopic (exact) mass is 392 g/mol. The predicted molar refractivity (Wildman–Crippen MR) is 115 cm³/mol. The number of aromatic nitrogens is 1. The van der Waals surface area contributed by atoms with Crippen LogP contribution in [0.15, 0.2) is 54.6 Å². The van der Waals surface area contributed by atoms with Crippen molar-refractivity contribution in [3.63, 3.8) is 0 Å². The molecule has 2 aromatic rings. The van der Waals surface area contributed by atoms with Gasteiger partial charge in [0.2, 0.25) is 0 Å². The van der Waals surface area contributed by atoms with Crippen molar-refractivity contribution >= 4 is 17.9 Å². The summed E-state index contributed by atoms with van der Waals surface area (Å²) in [6, 6.07) is 15.3. The number of carbonyl (C=O) groups is 2. The number of nitrogens with zero attached hydrogens (tertiary/aromatic N) is 3. The summed E-state index contributed by atoms with van der Waals surface area (Å²) in [4.78, 5) is 33.3. The van der Waals surface area contributed by atoms with Crippen molar-refractivity contribution in [2.75, 3.05) is 32.7 Å². The molecule has 6 nitrogen and oxygen atoms in total. The van der Waals surface area contributed by atoms with Crippen molar-refractivity contribution in [2.24, 2.45) is 0 Å². The SMILES string of the molecule is CC(C)NC(=O)c1cccc(C(=O)N2CCN(C/C=C/c3ccccc3)CC2)n1. The maximum atomic E-state index is 12.8. The van der Waals surface area contributed by atoms with Crippen LogP contribution < -0.4 is 5.32 Å². The molecule has 1 aliphatic rings. The molecule has 0 unspecified atom stereocenters. The Bertz CT molecular complexity index is 856. The molecule has 1 aliphatic heterocycles. The van der Waals surface area contributed by atoms with Crippen LogP contribution in [0.3, 0.4) is 0 Å². The van der Waals surface area contributed by atoms with Crippen LogP contribution in [-0.4, -0.2) is 65.4 Å². The van der Waals surface area contributed by atoms with Gasteiger partial charge >= 0.3 is 0 Å². The van der Waals surface area contributed by atoms with Crippen molar-refractivity contribution < 1.29 is 9.59 Å². The molecule has 0 spiro atoms.